The molecule has 0 saturated carbocycles. The number of benzene rings is 2. The van der Waals surface area contributed by atoms with Crippen molar-refractivity contribution >= 4 is 29.3 Å². The second-order valence-electron chi connectivity index (χ2n) is 5.26. The summed E-state index contributed by atoms with van der Waals surface area (Å²) in [5.41, 5.74) is 2.39. The number of anilines is 1. The van der Waals surface area contributed by atoms with Crippen LogP contribution in [0.3, 0.4) is 0 Å². The number of hydrogen-bond acceptors (Lipinski definition) is 5. The summed E-state index contributed by atoms with van der Waals surface area (Å²) in [7, 11) is 0. The van der Waals surface area contributed by atoms with Gasteiger partial charge in [0.05, 0.1) is 5.56 Å². The van der Waals surface area contributed by atoms with E-state index in [4.69, 9.17) is 10.00 Å². The number of aryl methyl sites for hydroxylation is 2. The fraction of sp³-hybridized carbons (Fsp3) is 0.167. The van der Waals surface area contributed by atoms with E-state index < -0.39 is 24.3 Å². The predicted molar refractivity (Wildman–Crippen MR) is 92.7 cm³/mol. The average molecular weight is 358 g/mol. The molecule has 25 heavy (non-hydrogen) atoms. The lowest BCUT2D eigenvalue weighted by Gasteiger charge is -2.13. The third kappa shape index (κ3) is 5.06. The molecular weight excluding hydrogens is 343 g/mol. The number of amides is 1. The van der Waals surface area contributed by atoms with Gasteiger partial charge in [0, 0.05) is 10.6 Å². The molecule has 1 N–H and O–H groups in total. The largest absolute Gasteiger partial charge is 0.452 e. The summed E-state index contributed by atoms with van der Waals surface area (Å²) in [4.78, 5) is 24.6. The Morgan fingerprint density at radius 2 is 1.80 bits per heavy atom. The predicted octanol–water partition coefficient (Wildman–Crippen LogP) is 3.81. The monoisotopic (exact) mass is 358 g/mol. The number of nitrogens with one attached hydrogen (secondary N) is 1. The molecule has 0 atom stereocenters. The zero-order valence-corrected chi connectivity index (χ0v) is 14.4. The second-order valence-corrected chi connectivity index (χ2v) is 6.11. The van der Waals surface area contributed by atoms with Gasteiger partial charge >= 0.3 is 5.97 Å². The van der Waals surface area contributed by atoms with Gasteiger partial charge in [-0.1, -0.05) is 0 Å². The average Bonchev–Trinajstić information content (AvgIpc) is 2.57. The molecule has 0 aliphatic carbocycles. The third-order valence-corrected chi connectivity index (χ3v) is 3.91. The van der Waals surface area contributed by atoms with E-state index in [0.717, 1.165) is 39.9 Å². The first-order valence-corrected chi connectivity index (χ1v) is 8.12. The standard InChI is InChI=1S/C18H15FN2O3S/c1-11-7-15(25-10-20)8-12(2)17(11)21-16(22)9-24-18(23)13-3-5-14(19)6-4-13/h3-8H,9H2,1-2H3,(H,21,22). The Bertz CT molecular complexity index is 821. The first-order valence-electron chi connectivity index (χ1n) is 7.30. The molecule has 0 saturated heterocycles. The lowest BCUT2D eigenvalue weighted by atomic mass is 10.1. The molecule has 7 heteroatoms. The second kappa shape index (κ2) is 8.31. The third-order valence-electron chi connectivity index (χ3n) is 3.35. The molecule has 1 amide bonds. The van der Waals surface area contributed by atoms with Crippen LogP contribution in [0.1, 0.15) is 21.5 Å². The molecule has 2 aromatic rings. The molecule has 2 rings (SSSR count). The van der Waals surface area contributed by atoms with Gasteiger partial charge in [0.25, 0.3) is 5.91 Å². The summed E-state index contributed by atoms with van der Waals surface area (Å²) in [6, 6.07) is 8.45. The Labute approximate surface area is 148 Å². The van der Waals surface area contributed by atoms with Gasteiger partial charge < -0.3 is 10.1 Å². The maximum absolute atomic E-state index is 12.8. The number of ether oxygens (including phenoxy) is 1. The van der Waals surface area contributed by atoms with E-state index in [9.17, 15) is 14.0 Å². The Morgan fingerprint density at radius 1 is 1.20 bits per heavy atom. The van der Waals surface area contributed by atoms with Gasteiger partial charge in [0.1, 0.15) is 11.2 Å². The zero-order chi connectivity index (χ0) is 18.4. The van der Waals surface area contributed by atoms with Gasteiger partial charge in [-0.3, -0.25) is 4.79 Å². The number of nitriles is 1. The van der Waals surface area contributed by atoms with Crippen LogP contribution in [0.4, 0.5) is 10.1 Å². The van der Waals surface area contributed by atoms with Crippen LogP contribution in [-0.2, 0) is 9.53 Å². The fourth-order valence-corrected chi connectivity index (χ4v) is 2.79. The summed E-state index contributed by atoms with van der Waals surface area (Å²) >= 11 is 1.04. The van der Waals surface area contributed by atoms with Gasteiger partial charge in [-0.05, 0) is 73.1 Å². The molecule has 5 nitrogen and oxygen atoms in total. The molecule has 0 bridgehead atoms. The van der Waals surface area contributed by atoms with Crippen molar-refractivity contribution in [3.8, 4) is 5.40 Å². The maximum Gasteiger partial charge on any atom is 0.338 e. The highest BCUT2D eigenvalue weighted by Gasteiger charge is 2.13. The number of thiocyanates is 1. The number of carbonyl (C=O) groups is 2. The Kier molecular flexibility index (Phi) is 6.14. The molecule has 0 heterocycles. The number of halogens is 1. The molecule has 0 spiro atoms. The number of thioether (sulfide) groups is 1. The SMILES string of the molecule is Cc1cc(SC#N)cc(C)c1NC(=O)COC(=O)c1ccc(F)cc1. The summed E-state index contributed by atoms with van der Waals surface area (Å²) < 4.78 is 17.7. The highest BCUT2D eigenvalue weighted by atomic mass is 32.2. The molecule has 128 valence electrons. The Hall–Kier alpha value is -2.85. The van der Waals surface area contributed by atoms with Gasteiger partial charge in [-0.25, -0.2) is 9.18 Å². The van der Waals surface area contributed by atoms with Gasteiger partial charge in [-0.2, -0.15) is 5.26 Å². The molecule has 0 aromatic heterocycles. The lowest BCUT2D eigenvalue weighted by Crippen LogP contribution is -2.21. The van der Waals surface area contributed by atoms with Crippen molar-refractivity contribution in [2.75, 3.05) is 11.9 Å². The first kappa shape index (κ1) is 18.5. The van der Waals surface area contributed by atoms with E-state index in [-0.39, 0.29) is 5.56 Å². The Morgan fingerprint density at radius 3 is 2.36 bits per heavy atom. The van der Waals surface area contributed by atoms with Crippen molar-refractivity contribution in [3.05, 3.63) is 58.9 Å². The van der Waals surface area contributed by atoms with Crippen LogP contribution in [0.2, 0.25) is 0 Å². The molecule has 0 aliphatic rings. The van der Waals surface area contributed by atoms with E-state index in [1.54, 1.807) is 12.1 Å². The molecule has 0 radical (unpaired) electrons. The molecule has 0 fully saturated rings. The smallest absolute Gasteiger partial charge is 0.338 e. The van der Waals surface area contributed by atoms with Crippen LogP contribution in [-0.4, -0.2) is 18.5 Å². The van der Waals surface area contributed by atoms with E-state index in [1.165, 1.54) is 12.1 Å². The number of esters is 1. The number of carbonyl (C=O) groups excluding carboxylic acids is 2. The number of rotatable bonds is 5. The molecule has 0 unspecified atom stereocenters. The van der Waals surface area contributed by atoms with E-state index in [2.05, 4.69) is 5.32 Å². The number of hydrogen-bond donors (Lipinski definition) is 1. The van der Waals surface area contributed by atoms with Gasteiger partial charge in [0.2, 0.25) is 0 Å². The normalized spacial score (nSPS) is 10.0. The van der Waals surface area contributed by atoms with Crippen molar-refractivity contribution in [1.29, 1.82) is 5.26 Å². The van der Waals surface area contributed by atoms with Crippen molar-refractivity contribution < 1.29 is 18.7 Å². The number of nitrogens with zero attached hydrogens (tertiary/aromatic N) is 1. The summed E-state index contributed by atoms with van der Waals surface area (Å²) in [6.07, 6.45) is 0. The van der Waals surface area contributed by atoms with Crippen LogP contribution < -0.4 is 5.32 Å². The molecule has 0 aliphatic heterocycles. The zero-order valence-electron chi connectivity index (χ0n) is 13.6. The van der Waals surface area contributed by atoms with Crippen molar-refractivity contribution in [2.45, 2.75) is 18.7 Å². The van der Waals surface area contributed by atoms with Crippen LogP contribution >= 0.6 is 11.8 Å². The van der Waals surface area contributed by atoms with Crippen LogP contribution in [0.25, 0.3) is 0 Å². The minimum absolute atomic E-state index is 0.166. The molecular formula is C18H15FN2O3S. The minimum atomic E-state index is -0.704. The van der Waals surface area contributed by atoms with Crippen LogP contribution in [0.5, 0.6) is 0 Å². The van der Waals surface area contributed by atoms with Crippen molar-refractivity contribution in [2.24, 2.45) is 0 Å². The maximum atomic E-state index is 12.8. The van der Waals surface area contributed by atoms with Gasteiger partial charge in [-0.15, -0.1) is 0 Å². The van der Waals surface area contributed by atoms with Crippen molar-refractivity contribution in [1.82, 2.24) is 0 Å². The Balaban J connectivity index is 1.97. The summed E-state index contributed by atoms with van der Waals surface area (Å²) in [5.74, 6) is -1.65. The lowest BCUT2D eigenvalue weighted by molar-refractivity contribution is -0.119. The topological polar surface area (TPSA) is 79.2 Å². The van der Waals surface area contributed by atoms with E-state index >= 15 is 0 Å². The molecule has 2 aromatic carbocycles. The van der Waals surface area contributed by atoms with Gasteiger partial charge in [0.15, 0.2) is 6.61 Å². The van der Waals surface area contributed by atoms with Crippen LogP contribution in [0, 0.1) is 30.3 Å². The highest BCUT2D eigenvalue weighted by molar-refractivity contribution is 8.03. The summed E-state index contributed by atoms with van der Waals surface area (Å²) in [5, 5.41) is 13.4. The first-order chi connectivity index (χ1) is 11.9. The fourth-order valence-electron chi connectivity index (χ4n) is 2.21. The quantitative estimate of drug-likeness (QED) is 0.499. The van der Waals surface area contributed by atoms with E-state index in [1.807, 2.05) is 19.2 Å². The highest BCUT2D eigenvalue weighted by Crippen LogP contribution is 2.27. The van der Waals surface area contributed by atoms with Crippen LogP contribution in [0.15, 0.2) is 41.3 Å². The summed E-state index contributed by atoms with van der Waals surface area (Å²) in [6.45, 7) is 3.17. The minimum Gasteiger partial charge on any atom is -0.452 e. The van der Waals surface area contributed by atoms with Crippen molar-refractivity contribution in [3.63, 3.8) is 0 Å². The van der Waals surface area contributed by atoms with E-state index in [0.29, 0.717) is 5.69 Å².